The van der Waals surface area contributed by atoms with Gasteiger partial charge < -0.3 is 10.2 Å². The molecule has 29 heavy (non-hydrogen) atoms. The molecule has 2 aromatic carbocycles. The highest BCUT2D eigenvalue weighted by molar-refractivity contribution is 5.94. The molecule has 150 valence electrons. The molecule has 1 unspecified atom stereocenters. The second kappa shape index (κ2) is 8.07. The van der Waals surface area contributed by atoms with E-state index in [1.165, 1.54) is 12.1 Å². The van der Waals surface area contributed by atoms with Crippen LogP contribution >= 0.6 is 0 Å². The summed E-state index contributed by atoms with van der Waals surface area (Å²) in [7, 11) is 0. The van der Waals surface area contributed by atoms with Crippen LogP contribution in [0.2, 0.25) is 0 Å². The number of aromatic nitrogens is 2. The van der Waals surface area contributed by atoms with Crippen molar-refractivity contribution < 1.29 is 9.18 Å². The summed E-state index contributed by atoms with van der Waals surface area (Å²) in [5.41, 5.74) is 4.41. The molecule has 1 saturated heterocycles. The Labute approximate surface area is 170 Å². The topological polar surface area (TPSA) is 50.2 Å². The van der Waals surface area contributed by atoms with Crippen molar-refractivity contribution in [2.45, 2.75) is 32.7 Å². The third-order valence-corrected chi connectivity index (χ3v) is 5.27. The largest absolute Gasteiger partial charge is 0.381 e. The Balaban J connectivity index is 1.48. The third kappa shape index (κ3) is 4.31. The second-order valence-corrected chi connectivity index (χ2v) is 7.63. The molecule has 2 heterocycles. The number of likely N-dealkylation sites (tertiary alicyclic amines) is 1. The minimum Gasteiger partial charge on any atom is -0.381 e. The quantitative estimate of drug-likeness (QED) is 0.718. The van der Waals surface area contributed by atoms with Crippen molar-refractivity contribution in [1.82, 2.24) is 14.7 Å². The van der Waals surface area contributed by atoms with Gasteiger partial charge in [0, 0.05) is 36.1 Å². The maximum absolute atomic E-state index is 13.1. The van der Waals surface area contributed by atoms with Gasteiger partial charge in [-0.05, 0) is 75.2 Å². The van der Waals surface area contributed by atoms with Crippen LogP contribution < -0.4 is 5.32 Å². The molecule has 0 saturated carbocycles. The van der Waals surface area contributed by atoms with Gasteiger partial charge in [-0.1, -0.05) is 6.07 Å². The van der Waals surface area contributed by atoms with Crippen LogP contribution in [0.1, 0.15) is 34.6 Å². The first kappa shape index (κ1) is 19.2. The van der Waals surface area contributed by atoms with E-state index in [-0.39, 0.29) is 17.8 Å². The zero-order valence-electron chi connectivity index (χ0n) is 16.7. The molecular formula is C23H25FN4O. The monoisotopic (exact) mass is 392 g/mol. The van der Waals surface area contributed by atoms with Crippen LogP contribution in [0.4, 0.5) is 10.1 Å². The number of rotatable bonds is 4. The molecule has 0 aliphatic carbocycles. The number of piperidine rings is 1. The van der Waals surface area contributed by atoms with Gasteiger partial charge in [0.1, 0.15) is 5.82 Å². The number of nitrogens with one attached hydrogen (secondary N) is 1. The Kier molecular flexibility index (Phi) is 5.34. The Morgan fingerprint density at radius 1 is 1.14 bits per heavy atom. The maximum Gasteiger partial charge on any atom is 0.254 e. The van der Waals surface area contributed by atoms with Crippen LogP contribution in [-0.4, -0.2) is 39.7 Å². The summed E-state index contributed by atoms with van der Waals surface area (Å²) in [6, 6.07) is 16.1. The van der Waals surface area contributed by atoms with Crippen LogP contribution in [0.3, 0.4) is 0 Å². The maximum atomic E-state index is 13.1. The zero-order chi connectivity index (χ0) is 20.4. The van der Waals surface area contributed by atoms with Crippen molar-refractivity contribution in [2.75, 3.05) is 18.4 Å². The van der Waals surface area contributed by atoms with Crippen molar-refractivity contribution >= 4 is 11.6 Å². The van der Waals surface area contributed by atoms with E-state index in [0.29, 0.717) is 12.1 Å². The number of halogens is 1. The summed E-state index contributed by atoms with van der Waals surface area (Å²) >= 11 is 0. The number of amides is 1. The molecule has 0 spiro atoms. The summed E-state index contributed by atoms with van der Waals surface area (Å²) in [6.45, 7) is 5.33. The lowest BCUT2D eigenvalue weighted by Gasteiger charge is -2.34. The van der Waals surface area contributed by atoms with Gasteiger partial charge in [-0.3, -0.25) is 4.79 Å². The van der Waals surface area contributed by atoms with Crippen molar-refractivity contribution in [3.05, 3.63) is 77.4 Å². The third-order valence-electron chi connectivity index (χ3n) is 5.27. The van der Waals surface area contributed by atoms with E-state index in [4.69, 9.17) is 0 Å². The predicted octanol–water partition coefficient (Wildman–Crippen LogP) is 4.34. The van der Waals surface area contributed by atoms with E-state index in [1.807, 2.05) is 53.8 Å². The molecular weight excluding hydrogens is 367 g/mol. The SMILES string of the molecule is Cc1cc(C)n(-c2cccc(C(=O)N3CCCC(Nc4ccc(F)cc4)C3)c2)n1. The molecule has 0 radical (unpaired) electrons. The standard InChI is InChI=1S/C23H25FN4O/c1-16-13-17(2)28(26-16)22-7-3-5-18(14-22)23(29)27-12-4-6-21(15-27)25-20-10-8-19(24)9-11-20/h3,5,7-11,13-14,21,25H,4,6,12,15H2,1-2H3. The van der Waals surface area contributed by atoms with E-state index in [9.17, 15) is 9.18 Å². The minimum atomic E-state index is -0.251. The fourth-order valence-corrected chi connectivity index (χ4v) is 3.90. The van der Waals surface area contributed by atoms with Gasteiger partial charge in [0.2, 0.25) is 0 Å². The fourth-order valence-electron chi connectivity index (χ4n) is 3.90. The fraction of sp³-hybridized carbons (Fsp3) is 0.304. The summed E-state index contributed by atoms with van der Waals surface area (Å²) in [5, 5.41) is 7.93. The Morgan fingerprint density at radius 3 is 2.66 bits per heavy atom. The number of benzene rings is 2. The molecule has 6 heteroatoms. The number of anilines is 1. The summed E-state index contributed by atoms with van der Waals surface area (Å²) in [4.78, 5) is 15.0. The Morgan fingerprint density at radius 2 is 1.93 bits per heavy atom. The molecule has 1 aliphatic rings. The summed E-state index contributed by atoms with van der Waals surface area (Å²) in [6.07, 6.45) is 1.91. The second-order valence-electron chi connectivity index (χ2n) is 7.63. The first-order chi connectivity index (χ1) is 14.0. The Bertz CT molecular complexity index is 1010. The zero-order valence-corrected chi connectivity index (χ0v) is 16.7. The van der Waals surface area contributed by atoms with E-state index in [2.05, 4.69) is 10.4 Å². The van der Waals surface area contributed by atoms with Crippen molar-refractivity contribution in [3.63, 3.8) is 0 Å². The number of carbonyl (C=O) groups excluding carboxylic acids is 1. The molecule has 1 amide bonds. The molecule has 5 nitrogen and oxygen atoms in total. The van der Waals surface area contributed by atoms with E-state index in [1.54, 1.807) is 12.1 Å². The summed E-state index contributed by atoms with van der Waals surface area (Å²) < 4.78 is 15.0. The molecule has 1 aromatic heterocycles. The van der Waals surface area contributed by atoms with Gasteiger partial charge >= 0.3 is 0 Å². The average Bonchev–Trinajstić information content (AvgIpc) is 3.07. The van der Waals surface area contributed by atoms with Gasteiger partial charge in [0.15, 0.2) is 0 Å². The molecule has 0 bridgehead atoms. The van der Waals surface area contributed by atoms with Crippen LogP contribution in [0.15, 0.2) is 54.6 Å². The lowest BCUT2D eigenvalue weighted by Crippen LogP contribution is -2.45. The average molecular weight is 392 g/mol. The number of carbonyl (C=O) groups is 1. The number of hydrogen-bond donors (Lipinski definition) is 1. The first-order valence-corrected chi connectivity index (χ1v) is 9.95. The van der Waals surface area contributed by atoms with E-state index < -0.39 is 0 Å². The smallest absolute Gasteiger partial charge is 0.254 e. The van der Waals surface area contributed by atoms with Gasteiger partial charge in [0.05, 0.1) is 11.4 Å². The minimum absolute atomic E-state index is 0.0268. The van der Waals surface area contributed by atoms with Gasteiger partial charge in [-0.15, -0.1) is 0 Å². The van der Waals surface area contributed by atoms with E-state index >= 15 is 0 Å². The Hall–Kier alpha value is -3.15. The van der Waals surface area contributed by atoms with E-state index in [0.717, 1.165) is 42.1 Å². The van der Waals surface area contributed by atoms with Crippen LogP contribution in [0.25, 0.3) is 5.69 Å². The number of nitrogens with zero attached hydrogens (tertiary/aromatic N) is 3. The first-order valence-electron chi connectivity index (χ1n) is 9.95. The van der Waals surface area contributed by atoms with Gasteiger partial charge in [0.25, 0.3) is 5.91 Å². The van der Waals surface area contributed by atoms with Crippen LogP contribution in [-0.2, 0) is 0 Å². The molecule has 3 aromatic rings. The van der Waals surface area contributed by atoms with Crippen molar-refractivity contribution in [1.29, 1.82) is 0 Å². The lowest BCUT2D eigenvalue weighted by molar-refractivity contribution is 0.0715. The molecule has 1 fully saturated rings. The molecule has 1 N–H and O–H groups in total. The molecule has 1 atom stereocenters. The number of aryl methyl sites for hydroxylation is 2. The lowest BCUT2D eigenvalue weighted by atomic mass is 10.0. The highest BCUT2D eigenvalue weighted by Gasteiger charge is 2.24. The highest BCUT2D eigenvalue weighted by Crippen LogP contribution is 2.20. The van der Waals surface area contributed by atoms with Gasteiger partial charge in [-0.25, -0.2) is 9.07 Å². The van der Waals surface area contributed by atoms with Crippen molar-refractivity contribution in [2.24, 2.45) is 0 Å². The summed E-state index contributed by atoms with van der Waals surface area (Å²) in [5.74, 6) is -0.225. The molecule has 1 aliphatic heterocycles. The normalized spacial score (nSPS) is 16.7. The van der Waals surface area contributed by atoms with Crippen LogP contribution in [0, 0.1) is 19.7 Å². The van der Waals surface area contributed by atoms with Crippen LogP contribution in [0.5, 0.6) is 0 Å². The number of hydrogen-bond acceptors (Lipinski definition) is 3. The van der Waals surface area contributed by atoms with Gasteiger partial charge in [-0.2, -0.15) is 5.10 Å². The highest BCUT2D eigenvalue weighted by atomic mass is 19.1. The molecule has 4 rings (SSSR count). The van der Waals surface area contributed by atoms with Crippen molar-refractivity contribution in [3.8, 4) is 5.69 Å². The predicted molar refractivity (Wildman–Crippen MR) is 112 cm³/mol.